The lowest BCUT2D eigenvalue weighted by atomic mass is 9.76. The quantitative estimate of drug-likeness (QED) is 0.509. The second kappa shape index (κ2) is 5.32. The highest BCUT2D eigenvalue weighted by Crippen LogP contribution is 2.51. The number of aromatic hydroxyl groups is 1. The summed E-state index contributed by atoms with van der Waals surface area (Å²) >= 11 is 0. The Labute approximate surface area is 130 Å². The van der Waals surface area contributed by atoms with Gasteiger partial charge in [-0.1, -0.05) is 6.08 Å². The molecular formula is C17H22N2O3. The minimum atomic E-state index is -0.290. The summed E-state index contributed by atoms with van der Waals surface area (Å²) in [4.78, 5) is 13.9. The van der Waals surface area contributed by atoms with Gasteiger partial charge in [0.1, 0.15) is 5.75 Å². The normalized spacial score (nSPS) is 27.2. The molecule has 22 heavy (non-hydrogen) atoms. The number of nitrogens with one attached hydrogen (secondary N) is 1. The van der Waals surface area contributed by atoms with Crippen LogP contribution in [0.2, 0.25) is 0 Å². The Kier molecular flexibility index (Phi) is 3.60. The van der Waals surface area contributed by atoms with Gasteiger partial charge in [-0.3, -0.25) is 4.90 Å². The molecule has 1 fully saturated rings. The Morgan fingerprint density at radius 1 is 1.59 bits per heavy atom. The lowest BCUT2D eigenvalue weighted by Crippen LogP contribution is -2.41. The Bertz CT molecular complexity index is 641. The summed E-state index contributed by atoms with van der Waals surface area (Å²) < 4.78 is 4.77. The van der Waals surface area contributed by atoms with Gasteiger partial charge in [-0.15, -0.1) is 0 Å². The molecule has 0 radical (unpaired) electrons. The number of nitrogens with zero attached hydrogens (tertiary/aromatic N) is 1. The second-order valence-corrected chi connectivity index (χ2v) is 6.25. The third-order valence-corrected chi connectivity index (χ3v) is 4.99. The molecule has 0 bridgehead atoms. The number of carbonyl (C=O) groups excluding carboxylic acids is 1. The number of phenolic OH excluding ortho intramolecular Hbond substituents is 1. The first-order valence-electron chi connectivity index (χ1n) is 7.53. The van der Waals surface area contributed by atoms with Crippen molar-refractivity contribution >= 4 is 11.7 Å². The van der Waals surface area contributed by atoms with Crippen LogP contribution in [0.15, 0.2) is 29.8 Å². The fourth-order valence-corrected chi connectivity index (χ4v) is 3.71. The number of carbonyl (C=O) groups is 1. The average molecular weight is 302 g/mol. The van der Waals surface area contributed by atoms with Gasteiger partial charge >= 0.3 is 5.97 Å². The summed E-state index contributed by atoms with van der Waals surface area (Å²) in [5.74, 6) is -0.00909. The number of allylic oxidation sites excluding steroid dienone is 1. The van der Waals surface area contributed by atoms with E-state index in [1.54, 1.807) is 13.0 Å². The molecule has 0 aromatic heterocycles. The molecule has 0 spiro atoms. The van der Waals surface area contributed by atoms with Gasteiger partial charge < -0.3 is 15.2 Å². The molecule has 3 rings (SSSR count). The summed E-state index contributed by atoms with van der Waals surface area (Å²) in [5, 5.41) is 13.4. The number of ether oxygens (including phenoxy) is 1. The van der Waals surface area contributed by atoms with Crippen LogP contribution in [0, 0.1) is 0 Å². The van der Waals surface area contributed by atoms with E-state index in [0.29, 0.717) is 5.57 Å². The molecule has 1 saturated heterocycles. The van der Waals surface area contributed by atoms with Gasteiger partial charge in [0, 0.05) is 23.2 Å². The lowest BCUT2D eigenvalue weighted by molar-refractivity contribution is -0.136. The molecule has 1 aromatic rings. The molecule has 0 amide bonds. The van der Waals surface area contributed by atoms with Crippen molar-refractivity contribution in [1.29, 1.82) is 0 Å². The van der Waals surface area contributed by atoms with E-state index in [1.807, 2.05) is 18.2 Å². The van der Waals surface area contributed by atoms with Crippen molar-refractivity contribution in [3.63, 3.8) is 0 Å². The van der Waals surface area contributed by atoms with Crippen molar-refractivity contribution < 1.29 is 14.6 Å². The SMILES string of the molecule is COC(=O)/C(C)=C/C[C@@]12CCN(C)[C@@H]1Nc1ccc(O)cc12. The van der Waals surface area contributed by atoms with Crippen LogP contribution in [-0.4, -0.2) is 42.8 Å². The van der Waals surface area contributed by atoms with Crippen LogP contribution in [0.1, 0.15) is 25.3 Å². The van der Waals surface area contributed by atoms with Crippen LogP contribution in [0.3, 0.4) is 0 Å². The van der Waals surface area contributed by atoms with E-state index in [2.05, 4.69) is 17.3 Å². The van der Waals surface area contributed by atoms with Gasteiger partial charge in [-0.2, -0.15) is 0 Å². The van der Waals surface area contributed by atoms with E-state index in [-0.39, 0.29) is 23.3 Å². The van der Waals surface area contributed by atoms with Gasteiger partial charge in [-0.05, 0) is 50.6 Å². The van der Waals surface area contributed by atoms with Gasteiger partial charge in [0.05, 0.1) is 13.3 Å². The number of hydrogen-bond acceptors (Lipinski definition) is 5. The van der Waals surface area contributed by atoms with Crippen LogP contribution in [0.5, 0.6) is 5.75 Å². The van der Waals surface area contributed by atoms with E-state index in [9.17, 15) is 9.90 Å². The monoisotopic (exact) mass is 302 g/mol. The zero-order valence-electron chi connectivity index (χ0n) is 13.2. The number of methoxy groups -OCH3 is 1. The first kappa shape index (κ1) is 14.9. The highest BCUT2D eigenvalue weighted by molar-refractivity contribution is 5.87. The zero-order valence-corrected chi connectivity index (χ0v) is 13.2. The first-order valence-corrected chi connectivity index (χ1v) is 7.53. The molecular weight excluding hydrogens is 280 g/mol. The minimum Gasteiger partial charge on any atom is -0.508 e. The number of anilines is 1. The van der Waals surface area contributed by atoms with Crippen molar-refractivity contribution in [2.75, 3.05) is 26.0 Å². The van der Waals surface area contributed by atoms with Crippen LogP contribution in [0.4, 0.5) is 5.69 Å². The lowest BCUT2D eigenvalue weighted by Gasteiger charge is -2.30. The first-order chi connectivity index (χ1) is 10.5. The van der Waals surface area contributed by atoms with E-state index in [4.69, 9.17) is 4.74 Å². The number of esters is 1. The largest absolute Gasteiger partial charge is 0.508 e. The highest BCUT2D eigenvalue weighted by Gasteiger charge is 2.52. The van der Waals surface area contributed by atoms with Gasteiger partial charge in [0.25, 0.3) is 0 Å². The summed E-state index contributed by atoms with van der Waals surface area (Å²) in [7, 11) is 3.50. The number of fused-ring (bicyclic) bond motifs is 3. The number of rotatable bonds is 3. The minimum absolute atomic E-state index is 0.113. The summed E-state index contributed by atoms with van der Waals surface area (Å²) in [6.45, 7) is 2.76. The van der Waals surface area contributed by atoms with E-state index in [1.165, 1.54) is 7.11 Å². The fraction of sp³-hybridized carbons (Fsp3) is 0.471. The van der Waals surface area contributed by atoms with Crippen molar-refractivity contribution in [3.8, 4) is 5.75 Å². The number of likely N-dealkylation sites (N-methyl/N-ethyl adjacent to an activating group) is 1. The Balaban J connectivity index is 1.98. The number of benzene rings is 1. The van der Waals surface area contributed by atoms with Gasteiger partial charge in [0.15, 0.2) is 0 Å². The molecule has 118 valence electrons. The van der Waals surface area contributed by atoms with E-state index < -0.39 is 0 Å². The molecule has 0 saturated carbocycles. The van der Waals surface area contributed by atoms with E-state index >= 15 is 0 Å². The predicted molar refractivity (Wildman–Crippen MR) is 84.8 cm³/mol. The molecule has 2 aliphatic heterocycles. The van der Waals surface area contributed by atoms with Gasteiger partial charge in [-0.25, -0.2) is 4.79 Å². The maximum absolute atomic E-state index is 11.6. The zero-order chi connectivity index (χ0) is 15.9. The summed E-state index contributed by atoms with van der Waals surface area (Å²) in [5.41, 5.74) is 2.71. The van der Waals surface area contributed by atoms with E-state index in [0.717, 1.165) is 30.6 Å². The fourth-order valence-electron chi connectivity index (χ4n) is 3.71. The summed E-state index contributed by atoms with van der Waals surface area (Å²) in [6.07, 6.45) is 3.87. The number of hydrogen-bond donors (Lipinski definition) is 2. The maximum Gasteiger partial charge on any atom is 0.333 e. The smallest absolute Gasteiger partial charge is 0.333 e. The summed E-state index contributed by atoms with van der Waals surface area (Å²) in [6, 6.07) is 5.48. The van der Waals surface area contributed by atoms with Crippen molar-refractivity contribution in [2.24, 2.45) is 0 Å². The Hall–Kier alpha value is -2.01. The molecule has 2 atom stereocenters. The van der Waals surface area contributed by atoms with Crippen molar-refractivity contribution in [2.45, 2.75) is 31.3 Å². The number of phenols is 1. The molecule has 2 heterocycles. The molecule has 2 aliphatic rings. The van der Waals surface area contributed by atoms with Crippen LogP contribution < -0.4 is 5.32 Å². The third kappa shape index (κ3) is 2.16. The maximum atomic E-state index is 11.6. The Morgan fingerprint density at radius 3 is 3.09 bits per heavy atom. The van der Waals surface area contributed by atoms with Crippen LogP contribution in [-0.2, 0) is 14.9 Å². The molecule has 0 aliphatic carbocycles. The number of likely N-dealkylation sites (tertiary alicyclic amines) is 1. The Morgan fingerprint density at radius 2 is 2.36 bits per heavy atom. The van der Waals surface area contributed by atoms with Crippen molar-refractivity contribution in [3.05, 3.63) is 35.4 Å². The van der Waals surface area contributed by atoms with Crippen molar-refractivity contribution in [1.82, 2.24) is 4.90 Å². The molecule has 2 N–H and O–H groups in total. The molecule has 5 heteroatoms. The van der Waals surface area contributed by atoms with Crippen LogP contribution >= 0.6 is 0 Å². The standard InChI is InChI=1S/C17H22N2O3/c1-11(15(21)22-3)6-7-17-8-9-19(2)16(17)18-14-5-4-12(20)10-13(14)17/h4-6,10,16,18,20H,7-9H2,1-3H3/b11-6+/t16-,17-/m0/s1. The molecule has 0 unspecified atom stereocenters. The third-order valence-electron chi connectivity index (χ3n) is 4.99. The molecule has 5 nitrogen and oxygen atoms in total. The average Bonchev–Trinajstić information content (AvgIpc) is 3.00. The predicted octanol–water partition coefficient (Wildman–Crippen LogP) is 2.23. The van der Waals surface area contributed by atoms with Crippen LogP contribution in [0.25, 0.3) is 0 Å². The highest BCUT2D eigenvalue weighted by atomic mass is 16.5. The molecule has 1 aromatic carbocycles. The second-order valence-electron chi connectivity index (χ2n) is 6.25. The topological polar surface area (TPSA) is 61.8 Å². The van der Waals surface area contributed by atoms with Gasteiger partial charge in [0.2, 0.25) is 0 Å².